The van der Waals surface area contributed by atoms with Crippen molar-refractivity contribution in [2.75, 3.05) is 11.9 Å². The van der Waals surface area contributed by atoms with Crippen LogP contribution in [0.25, 0.3) is 0 Å². The van der Waals surface area contributed by atoms with E-state index < -0.39 is 0 Å². The zero-order valence-corrected chi connectivity index (χ0v) is 8.05. The number of nitrogens with one attached hydrogen (secondary N) is 3. The largest absolute Gasteiger partial charge is 0.347 e. The van der Waals surface area contributed by atoms with Crippen LogP contribution >= 0.6 is 0 Å². The first-order valence-corrected chi connectivity index (χ1v) is 4.14. The van der Waals surface area contributed by atoms with Crippen molar-refractivity contribution in [3.8, 4) is 0 Å². The Labute approximate surface area is 81.1 Å². The molecule has 0 unspecified atom stereocenters. The van der Waals surface area contributed by atoms with Crippen molar-refractivity contribution in [2.24, 2.45) is 0 Å². The Balaban J connectivity index is 2.42. The summed E-state index contributed by atoms with van der Waals surface area (Å²) in [5.41, 5.74) is 0.848. The molecule has 0 saturated carbocycles. The van der Waals surface area contributed by atoms with E-state index in [2.05, 4.69) is 20.8 Å². The van der Waals surface area contributed by atoms with Crippen molar-refractivity contribution >= 4 is 17.6 Å². The van der Waals surface area contributed by atoms with Crippen molar-refractivity contribution in [1.82, 2.24) is 15.5 Å². The normalized spacial score (nSPS) is 9.57. The Morgan fingerprint density at radius 1 is 1.57 bits per heavy atom. The van der Waals surface area contributed by atoms with Crippen LogP contribution in [0.3, 0.4) is 0 Å². The average molecular weight is 196 g/mol. The molecule has 0 aliphatic heterocycles. The van der Waals surface area contributed by atoms with E-state index in [1.165, 1.54) is 6.92 Å². The van der Waals surface area contributed by atoms with Crippen LogP contribution in [0.5, 0.6) is 0 Å². The molecule has 0 spiro atoms. The minimum atomic E-state index is -0.285. The van der Waals surface area contributed by atoms with Crippen molar-refractivity contribution in [3.05, 3.63) is 11.8 Å². The highest BCUT2D eigenvalue weighted by Gasteiger charge is 2.05. The predicted molar refractivity (Wildman–Crippen MR) is 50.6 cm³/mol. The van der Waals surface area contributed by atoms with Crippen LogP contribution in [-0.2, 0) is 9.59 Å². The lowest BCUT2D eigenvalue weighted by Crippen LogP contribution is -2.31. The molecule has 2 amide bonds. The number of amides is 2. The van der Waals surface area contributed by atoms with E-state index >= 15 is 0 Å². The number of hydrogen-bond acceptors (Lipinski definition) is 3. The van der Waals surface area contributed by atoms with Gasteiger partial charge in [-0.3, -0.25) is 14.7 Å². The summed E-state index contributed by atoms with van der Waals surface area (Å²) in [5, 5.41) is 11.3. The smallest absolute Gasteiger partial charge is 0.244 e. The zero-order valence-electron chi connectivity index (χ0n) is 8.05. The van der Waals surface area contributed by atoms with Gasteiger partial charge in [0.15, 0.2) is 0 Å². The standard InChI is InChI=1S/C8H12N4O2/c1-5-3-10-12-8(5)11-7(14)4-9-6(2)13/h3H,4H2,1-2H3,(H,9,13)(H2,10,11,12,14). The van der Waals surface area contributed by atoms with Crippen LogP contribution in [0.2, 0.25) is 0 Å². The summed E-state index contributed by atoms with van der Waals surface area (Å²) < 4.78 is 0. The summed E-state index contributed by atoms with van der Waals surface area (Å²) >= 11 is 0. The van der Waals surface area contributed by atoms with Gasteiger partial charge in [-0.2, -0.15) is 5.10 Å². The molecule has 6 heteroatoms. The fourth-order valence-corrected chi connectivity index (χ4v) is 0.861. The van der Waals surface area contributed by atoms with Gasteiger partial charge >= 0.3 is 0 Å². The lowest BCUT2D eigenvalue weighted by atomic mass is 10.4. The van der Waals surface area contributed by atoms with Gasteiger partial charge in [0, 0.05) is 12.5 Å². The Kier molecular flexibility index (Phi) is 3.22. The first-order valence-electron chi connectivity index (χ1n) is 4.14. The molecule has 0 bridgehead atoms. The van der Waals surface area contributed by atoms with Gasteiger partial charge in [0.2, 0.25) is 11.8 Å². The maximum absolute atomic E-state index is 11.2. The number of carbonyl (C=O) groups excluding carboxylic acids is 2. The van der Waals surface area contributed by atoms with Crippen molar-refractivity contribution in [1.29, 1.82) is 0 Å². The number of aryl methyl sites for hydroxylation is 1. The highest BCUT2D eigenvalue weighted by atomic mass is 16.2. The number of H-pyrrole nitrogens is 1. The molecule has 1 heterocycles. The number of aromatic amines is 1. The summed E-state index contributed by atoms with van der Waals surface area (Å²) in [6, 6.07) is 0. The van der Waals surface area contributed by atoms with Gasteiger partial charge in [0.25, 0.3) is 0 Å². The van der Waals surface area contributed by atoms with Gasteiger partial charge in [-0.05, 0) is 6.92 Å². The van der Waals surface area contributed by atoms with Crippen molar-refractivity contribution in [3.63, 3.8) is 0 Å². The van der Waals surface area contributed by atoms with Gasteiger partial charge in [-0.15, -0.1) is 0 Å². The van der Waals surface area contributed by atoms with E-state index in [9.17, 15) is 9.59 Å². The summed E-state index contributed by atoms with van der Waals surface area (Å²) in [7, 11) is 0. The monoisotopic (exact) mass is 196 g/mol. The highest BCUT2D eigenvalue weighted by Crippen LogP contribution is 2.07. The van der Waals surface area contributed by atoms with Gasteiger partial charge in [-0.1, -0.05) is 0 Å². The van der Waals surface area contributed by atoms with Crippen LogP contribution in [0.4, 0.5) is 5.82 Å². The number of nitrogens with zero attached hydrogens (tertiary/aromatic N) is 1. The maximum Gasteiger partial charge on any atom is 0.244 e. The number of carbonyl (C=O) groups is 2. The molecule has 3 N–H and O–H groups in total. The quantitative estimate of drug-likeness (QED) is 0.625. The molecule has 1 aromatic rings. The third kappa shape index (κ3) is 2.89. The van der Waals surface area contributed by atoms with Crippen LogP contribution < -0.4 is 10.6 Å². The molecule has 0 aliphatic carbocycles. The molecule has 0 radical (unpaired) electrons. The lowest BCUT2D eigenvalue weighted by Gasteiger charge is -2.03. The molecular weight excluding hydrogens is 184 g/mol. The molecule has 0 aliphatic rings. The zero-order chi connectivity index (χ0) is 10.6. The molecule has 6 nitrogen and oxygen atoms in total. The summed E-state index contributed by atoms with van der Waals surface area (Å²) in [5.74, 6) is 0.0365. The fourth-order valence-electron chi connectivity index (χ4n) is 0.861. The van der Waals surface area contributed by atoms with Crippen LogP contribution in [0.15, 0.2) is 6.20 Å². The topological polar surface area (TPSA) is 86.9 Å². The third-order valence-corrected chi connectivity index (χ3v) is 1.59. The summed E-state index contributed by atoms with van der Waals surface area (Å²) in [4.78, 5) is 21.7. The number of aromatic nitrogens is 2. The minimum absolute atomic E-state index is 0.0339. The molecule has 0 atom stereocenters. The second kappa shape index (κ2) is 4.40. The summed E-state index contributed by atoms with van der Waals surface area (Å²) in [6.45, 7) is 3.14. The molecule has 0 fully saturated rings. The van der Waals surface area contributed by atoms with E-state index in [-0.39, 0.29) is 18.4 Å². The second-order valence-corrected chi connectivity index (χ2v) is 2.89. The first kappa shape index (κ1) is 10.2. The SMILES string of the molecule is CC(=O)NCC(=O)Nc1[nH]ncc1C. The van der Waals surface area contributed by atoms with Gasteiger partial charge in [0.05, 0.1) is 12.7 Å². The van der Waals surface area contributed by atoms with E-state index in [0.29, 0.717) is 5.82 Å². The molecule has 0 saturated heterocycles. The molecule has 1 aromatic heterocycles. The highest BCUT2D eigenvalue weighted by molar-refractivity contribution is 5.93. The van der Waals surface area contributed by atoms with Gasteiger partial charge in [-0.25, -0.2) is 0 Å². The minimum Gasteiger partial charge on any atom is -0.347 e. The first-order chi connectivity index (χ1) is 6.59. The average Bonchev–Trinajstić information content (AvgIpc) is 2.49. The Morgan fingerprint density at radius 3 is 2.79 bits per heavy atom. The molecule has 76 valence electrons. The van der Waals surface area contributed by atoms with Crippen molar-refractivity contribution < 1.29 is 9.59 Å². The lowest BCUT2D eigenvalue weighted by molar-refractivity contribution is -0.122. The van der Waals surface area contributed by atoms with E-state index in [1.807, 2.05) is 6.92 Å². The molecule has 0 aromatic carbocycles. The molecule has 14 heavy (non-hydrogen) atoms. The Hall–Kier alpha value is -1.85. The van der Waals surface area contributed by atoms with E-state index in [1.54, 1.807) is 6.20 Å². The predicted octanol–water partition coefficient (Wildman–Crippen LogP) is -0.207. The van der Waals surface area contributed by atoms with Crippen LogP contribution in [0.1, 0.15) is 12.5 Å². The third-order valence-electron chi connectivity index (χ3n) is 1.59. The van der Waals surface area contributed by atoms with E-state index in [4.69, 9.17) is 0 Å². The summed E-state index contributed by atoms with van der Waals surface area (Å²) in [6.07, 6.45) is 1.61. The van der Waals surface area contributed by atoms with Crippen molar-refractivity contribution in [2.45, 2.75) is 13.8 Å². The Bertz CT molecular complexity index is 345. The van der Waals surface area contributed by atoms with Gasteiger partial charge in [0.1, 0.15) is 5.82 Å². The van der Waals surface area contributed by atoms with Crippen LogP contribution in [0, 0.1) is 6.92 Å². The molecular formula is C8H12N4O2. The Morgan fingerprint density at radius 2 is 2.29 bits per heavy atom. The fraction of sp³-hybridized carbons (Fsp3) is 0.375. The van der Waals surface area contributed by atoms with Gasteiger partial charge < -0.3 is 10.6 Å². The molecule has 1 rings (SSSR count). The second-order valence-electron chi connectivity index (χ2n) is 2.89. The number of rotatable bonds is 3. The number of anilines is 1. The maximum atomic E-state index is 11.2. The van der Waals surface area contributed by atoms with Crippen LogP contribution in [-0.4, -0.2) is 28.6 Å². The van der Waals surface area contributed by atoms with E-state index in [0.717, 1.165) is 5.56 Å². The number of hydrogen-bond donors (Lipinski definition) is 3.